The standard InChI is InChI=1S/C29H31NO6/c1-32-24-14-12-23(13-15-24)17-34-25-26-28(35-18-22-10-6-3-7-11-22)29(20-36-26,27(25)30-31)19-33-16-21-8-4-2-5-9-21/h2-15,25-26,28,31H,16-20H2,1H3/b30-27-/t25-,26-,28-,29+/m0/s1. The second-order valence-electron chi connectivity index (χ2n) is 9.19. The number of ether oxygens (including phenoxy) is 5. The minimum Gasteiger partial charge on any atom is -0.497 e. The lowest BCUT2D eigenvalue weighted by molar-refractivity contribution is -0.0751. The van der Waals surface area contributed by atoms with E-state index in [0.29, 0.717) is 38.7 Å². The van der Waals surface area contributed by atoms with Crippen LogP contribution in [0.15, 0.2) is 90.1 Å². The molecule has 0 spiro atoms. The van der Waals surface area contributed by atoms with Crippen LogP contribution < -0.4 is 4.74 Å². The van der Waals surface area contributed by atoms with Crippen LogP contribution in [-0.4, -0.2) is 49.6 Å². The van der Waals surface area contributed by atoms with E-state index in [2.05, 4.69) is 5.16 Å². The van der Waals surface area contributed by atoms with Crippen LogP contribution >= 0.6 is 0 Å². The zero-order valence-corrected chi connectivity index (χ0v) is 20.3. The summed E-state index contributed by atoms with van der Waals surface area (Å²) in [6.07, 6.45) is -1.33. The largest absolute Gasteiger partial charge is 0.497 e. The van der Waals surface area contributed by atoms with Gasteiger partial charge in [0, 0.05) is 0 Å². The van der Waals surface area contributed by atoms with Gasteiger partial charge in [-0.05, 0) is 28.8 Å². The minimum absolute atomic E-state index is 0.291. The third-order valence-corrected chi connectivity index (χ3v) is 6.89. The molecular formula is C29H31NO6. The zero-order valence-electron chi connectivity index (χ0n) is 20.3. The number of hydrogen-bond donors (Lipinski definition) is 1. The van der Waals surface area contributed by atoms with Gasteiger partial charge in [0.25, 0.3) is 0 Å². The van der Waals surface area contributed by atoms with Crippen LogP contribution in [0.5, 0.6) is 5.75 Å². The Morgan fingerprint density at radius 1 is 0.833 bits per heavy atom. The molecule has 1 saturated heterocycles. The summed E-state index contributed by atoms with van der Waals surface area (Å²) < 4.78 is 30.3. The molecule has 0 radical (unpaired) electrons. The maximum absolute atomic E-state index is 10.1. The van der Waals surface area contributed by atoms with Crippen LogP contribution in [0.4, 0.5) is 0 Å². The van der Waals surface area contributed by atoms with Crippen molar-refractivity contribution in [3.8, 4) is 5.75 Å². The van der Waals surface area contributed by atoms with Gasteiger partial charge in [0.15, 0.2) is 0 Å². The van der Waals surface area contributed by atoms with Crippen molar-refractivity contribution in [2.75, 3.05) is 20.3 Å². The quantitative estimate of drug-likeness (QED) is 0.313. The lowest BCUT2D eigenvalue weighted by Gasteiger charge is -2.31. The number of benzene rings is 3. The van der Waals surface area contributed by atoms with Crippen LogP contribution in [0.2, 0.25) is 0 Å². The summed E-state index contributed by atoms with van der Waals surface area (Å²) in [5.74, 6) is 0.781. The summed E-state index contributed by atoms with van der Waals surface area (Å²) in [5, 5.41) is 13.9. The fourth-order valence-electron chi connectivity index (χ4n) is 5.01. The molecule has 0 amide bonds. The molecule has 4 atom stereocenters. The Hall–Kier alpha value is -3.23. The first kappa shape index (κ1) is 24.5. The monoisotopic (exact) mass is 489 g/mol. The maximum atomic E-state index is 10.1. The van der Waals surface area contributed by atoms with Crippen LogP contribution in [0, 0.1) is 5.41 Å². The smallest absolute Gasteiger partial charge is 0.129 e. The van der Waals surface area contributed by atoms with Gasteiger partial charge in [-0.25, -0.2) is 0 Å². The molecule has 1 N–H and O–H groups in total. The summed E-state index contributed by atoms with van der Waals surface area (Å²) in [6.45, 7) is 1.82. The third-order valence-electron chi connectivity index (χ3n) is 6.89. The average molecular weight is 490 g/mol. The highest BCUT2D eigenvalue weighted by Gasteiger charge is 2.66. The predicted molar refractivity (Wildman–Crippen MR) is 134 cm³/mol. The Balaban J connectivity index is 1.34. The van der Waals surface area contributed by atoms with Crippen molar-refractivity contribution >= 4 is 5.71 Å². The van der Waals surface area contributed by atoms with E-state index in [1.165, 1.54) is 0 Å². The number of oxime groups is 1. The number of rotatable bonds is 11. The van der Waals surface area contributed by atoms with E-state index >= 15 is 0 Å². The van der Waals surface area contributed by atoms with Crippen molar-refractivity contribution < 1.29 is 28.9 Å². The van der Waals surface area contributed by atoms with Gasteiger partial charge in [0.1, 0.15) is 29.8 Å². The number of fused-ring (bicyclic) bond motifs is 2. The van der Waals surface area contributed by atoms with Gasteiger partial charge in [0.05, 0.1) is 45.6 Å². The Kier molecular flexibility index (Phi) is 7.63. The van der Waals surface area contributed by atoms with Gasteiger partial charge >= 0.3 is 0 Å². The highest BCUT2D eigenvalue weighted by molar-refractivity contribution is 5.98. The molecule has 2 aliphatic rings. The first-order valence-corrected chi connectivity index (χ1v) is 12.1. The van der Waals surface area contributed by atoms with Gasteiger partial charge in [0.2, 0.25) is 0 Å². The molecule has 2 bridgehead atoms. The van der Waals surface area contributed by atoms with Gasteiger partial charge < -0.3 is 28.9 Å². The molecule has 2 fully saturated rings. The fourth-order valence-corrected chi connectivity index (χ4v) is 5.01. The molecule has 188 valence electrons. The van der Waals surface area contributed by atoms with Crippen LogP contribution in [0.1, 0.15) is 16.7 Å². The normalized spacial score (nSPS) is 25.9. The number of hydrogen-bond acceptors (Lipinski definition) is 7. The topological polar surface area (TPSA) is 78.7 Å². The minimum atomic E-state index is -0.743. The highest BCUT2D eigenvalue weighted by Crippen LogP contribution is 2.48. The molecule has 1 aliphatic carbocycles. The van der Waals surface area contributed by atoms with Crippen molar-refractivity contribution in [3.05, 3.63) is 102 Å². The van der Waals surface area contributed by atoms with E-state index in [1.54, 1.807) is 7.11 Å². The average Bonchev–Trinajstić information content (AvgIpc) is 3.41. The highest BCUT2D eigenvalue weighted by atomic mass is 16.6. The summed E-state index contributed by atoms with van der Waals surface area (Å²) in [5.41, 5.74) is 2.87. The molecule has 36 heavy (non-hydrogen) atoms. The van der Waals surface area contributed by atoms with E-state index in [-0.39, 0.29) is 6.10 Å². The van der Waals surface area contributed by atoms with Crippen LogP contribution in [0.25, 0.3) is 0 Å². The van der Waals surface area contributed by atoms with E-state index in [9.17, 15) is 5.21 Å². The molecule has 1 heterocycles. The lowest BCUT2D eigenvalue weighted by atomic mass is 9.84. The van der Waals surface area contributed by atoms with E-state index in [4.69, 9.17) is 23.7 Å². The molecule has 3 aromatic rings. The molecule has 7 heteroatoms. The van der Waals surface area contributed by atoms with Crippen LogP contribution in [-0.2, 0) is 38.8 Å². The molecule has 1 saturated carbocycles. The molecule has 7 nitrogen and oxygen atoms in total. The molecular weight excluding hydrogens is 458 g/mol. The first-order chi connectivity index (χ1) is 17.7. The Morgan fingerprint density at radius 2 is 1.44 bits per heavy atom. The maximum Gasteiger partial charge on any atom is 0.129 e. The van der Waals surface area contributed by atoms with Crippen molar-refractivity contribution in [3.63, 3.8) is 0 Å². The summed E-state index contributed by atoms with van der Waals surface area (Å²) in [4.78, 5) is 0. The van der Waals surface area contributed by atoms with Crippen molar-refractivity contribution in [2.24, 2.45) is 10.6 Å². The Labute approximate surface area is 211 Å². The summed E-state index contributed by atoms with van der Waals surface area (Å²) >= 11 is 0. The van der Waals surface area contributed by atoms with Gasteiger partial charge in [-0.15, -0.1) is 0 Å². The van der Waals surface area contributed by atoms with Crippen molar-refractivity contribution in [2.45, 2.75) is 38.1 Å². The molecule has 3 aromatic carbocycles. The second kappa shape index (κ2) is 11.2. The predicted octanol–water partition coefficient (Wildman–Crippen LogP) is 4.61. The van der Waals surface area contributed by atoms with Crippen LogP contribution in [0.3, 0.4) is 0 Å². The summed E-state index contributed by atoms with van der Waals surface area (Å²) in [6, 6.07) is 27.7. The number of nitrogens with zero attached hydrogens (tertiary/aromatic N) is 1. The zero-order chi connectivity index (χ0) is 24.8. The molecule has 0 aromatic heterocycles. The second-order valence-corrected chi connectivity index (χ2v) is 9.19. The van der Waals surface area contributed by atoms with Gasteiger partial charge in [-0.1, -0.05) is 78.0 Å². The van der Waals surface area contributed by atoms with Crippen molar-refractivity contribution in [1.82, 2.24) is 0 Å². The van der Waals surface area contributed by atoms with Crippen molar-refractivity contribution in [1.29, 1.82) is 0 Å². The SMILES string of the molecule is COc1ccc(CO[C@@H]2/C(=N/O)[C@@]3(COCc4ccccc4)CO[C@@H]2[C@@H]3OCc2ccccc2)cc1. The molecule has 0 unspecified atom stereocenters. The Morgan fingerprint density at radius 3 is 2.08 bits per heavy atom. The van der Waals surface area contributed by atoms with E-state index in [0.717, 1.165) is 22.4 Å². The summed E-state index contributed by atoms with van der Waals surface area (Å²) in [7, 11) is 1.64. The number of methoxy groups -OCH3 is 1. The van der Waals surface area contributed by atoms with Gasteiger partial charge in [-0.3, -0.25) is 0 Å². The van der Waals surface area contributed by atoms with Gasteiger partial charge in [-0.2, -0.15) is 0 Å². The molecule has 5 rings (SSSR count). The van der Waals surface area contributed by atoms with E-state index in [1.807, 2.05) is 84.9 Å². The first-order valence-electron chi connectivity index (χ1n) is 12.1. The Bertz CT molecular complexity index is 1140. The van der Waals surface area contributed by atoms with E-state index < -0.39 is 17.6 Å². The fraction of sp³-hybridized carbons (Fsp3) is 0.345. The third kappa shape index (κ3) is 5.01. The molecule has 1 aliphatic heterocycles. The lowest BCUT2D eigenvalue weighted by Crippen LogP contribution is -2.46.